The lowest BCUT2D eigenvalue weighted by atomic mass is 9.85. The van der Waals surface area contributed by atoms with E-state index >= 15 is 0 Å². The van der Waals surface area contributed by atoms with Gasteiger partial charge in [-0.1, -0.05) is 15.9 Å². The minimum atomic E-state index is -1.18. The van der Waals surface area contributed by atoms with Crippen molar-refractivity contribution in [2.45, 2.75) is 12.1 Å². The normalized spacial score (nSPS) is 18.7. The molecule has 1 fully saturated rings. The number of halogens is 1. The molecule has 2 aliphatic rings. The zero-order chi connectivity index (χ0) is 25.7. The predicted octanol–water partition coefficient (Wildman–Crippen LogP) is 4.13. The number of nitrogens with zero attached hydrogens (tertiary/aromatic N) is 3. The van der Waals surface area contributed by atoms with Crippen LogP contribution >= 0.6 is 15.9 Å². The van der Waals surface area contributed by atoms with Crippen LogP contribution in [-0.4, -0.2) is 47.8 Å². The highest BCUT2D eigenvalue weighted by molar-refractivity contribution is 9.10. The zero-order valence-electron chi connectivity index (χ0n) is 19.0. The first-order valence-electron chi connectivity index (χ1n) is 10.7. The highest BCUT2D eigenvalue weighted by Crippen LogP contribution is 2.47. The molecule has 5 rings (SSSR count). The number of amides is 3. The summed E-state index contributed by atoms with van der Waals surface area (Å²) >= 11 is 3.44. The number of anilines is 1. The lowest BCUT2D eigenvalue weighted by Crippen LogP contribution is -2.67. The number of rotatable bonds is 6. The van der Waals surface area contributed by atoms with E-state index in [-0.39, 0.29) is 16.8 Å². The summed E-state index contributed by atoms with van der Waals surface area (Å²) in [5.74, 6) is -0.855. The fraction of sp³-hybridized carbons (Fsp3) is 0.160. The number of benzene rings is 3. The van der Waals surface area contributed by atoms with Crippen LogP contribution in [0.2, 0.25) is 0 Å². The van der Waals surface area contributed by atoms with Crippen molar-refractivity contribution in [3.63, 3.8) is 0 Å². The molecule has 0 N–H and O–H groups in total. The van der Waals surface area contributed by atoms with E-state index in [1.807, 2.05) is 0 Å². The standard InChI is InChI=1S/C25H18BrN3O7/c1-35-16-7-4-14(5-8-16)27-21(19-11-13(26)3-10-20(19)36-2)22(25(27)32)28-23(30)17-9-6-15(29(33)34)12-18(17)24(28)31/h3-12,21-22H,1-2H3/t21-,22+/m1/s1. The van der Waals surface area contributed by atoms with E-state index in [1.165, 1.54) is 25.2 Å². The first-order valence-corrected chi connectivity index (χ1v) is 11.5. The number of hydrogen-bond donors (Lipinski definition) is 0. The van der Waals surface area contributed by atoms with Crippen molar-refractivity contribution in [2.24, 2.45) is 0 Å². The maximum Gasteiger partial charge on any atom is 0.270 e. The lowest BCUT2D eigenvalue weighted by molar-refractivity contribution is -0.384. The van der Waals surface area contributed by atoms with E-state index in [1.54, 1.807) is 42.5 Å². The molecule has 182 valence electrons. The van der Waals surface area contributed by atoms with E-state index in [0.717, 1.165) is 17.0 Å². The third-order valence-corrected chi connectivity index (χ3v) is 6.81. The second kappa shape index (κ2) is 8.76. The monoisotopic (exact) mass is 551 g/mol. The fourth-order valence-electron chi connectivity index (χ4n) is 4.62. The molecule has 0 unspecified atom stereocenters. The summed E-state index contributed by atoms with van der Waals surface area (Å²) < 4.78 is 11.5. The van der Waals surface area contributed by atoms with Gasteiger partial charge in [-0.05, 0) is 48.5 Å². The first-order chi connectivity index (χ1) is 17.3. The summed E-state index contributed by atoms with van der Waals surface area (Å²) in [4.78, 5) is 53.2. The molecule has 36 heavy (non-hydrogen) atoms. The number of methoxy groups -OCH3 is 2. The minimum Gasteiger partial charge on any atom is -0.497 e. The van der Waals surface area contributed by atoms with Crippen molar-refractivity contribution in [1.29, 1.82) is 0 Å². The molecule has 0 spiro atoms. The number of ether oxygens (including phenoxy) is 2. The van der Waals surface area contributed by atoms with Crippen molar-refractivity contribution in [1.82, 2.24) is 4.90 Å². The molecule has 10 nitrogen and oxygen atoms in total. The number of hydrogen-bond acceptors (Lipinski definition) is 7. The van der Waals surface area contributed by atoms with Gasteiger partial charge in [-0.25, -0.2) is 0 Å². The topological polar surface area (TPSA) is 119 Å². The van der Waals surface area contributed by atoms with Gasteiger partial charge in [0.05, 0.1) is 36.3 Å². The van der Waals surface area contributed by atoms with Gasteiger partial charge in [-0.3, -0.25) is 29.4 Å². The highest BCUT2D eigenvalue weighted by atomic mass is 79.9. The summed E-state index contributed by atoms with van der Waals surface area (Å²) in [7, 11) is 3.02. The Morgan fingerprint density at radius 3 is 2.17 bits per heavy atom. The Kier molecular flexibility index (Phi) is 5.71. The molecule has 0 aliphatic carbocycles. The van der Waals surface area contributed by atoms with Crippen LogP contribution in [0.1, 0.15) is 32.3 Å². The smallest absolute Gasteiger partial charge is 0.270 e. The van der Waals surface area contributed by atoms with Gasteiger partial charge in [0.15, 0.2) is 0 Å². The van der Waals surface area contributed by atoms with Crippen LogP contribution in [0.3, 0.4) is 0 Å². The minimum absolute atomic E-state index is 0.0151. The molecule has 0 saturated carbocycles. The molecular weight excluding hydrogens is 534 g/mol. The Bertz CT molecular complexity index is 1440. The van der Waals surface area contributed by atoms with Crippen molar-refractivity contribution < 1.29 is 28.8 Å². The average Bonchev–Trinajstić information content (AvgIpc) is 3.12. The van der Waals surface area contributed by atoms with Crippen LogP contribution in [-0.2, 0) is 4.79 Å². The molecule has 2 aliphatic heterocycles. The van der Waals surface area contributed by atoms with Crippen LogP contribution in [0.5, 0.6) is 11.5 Å². The van der Waals surface area contributed by atoms with Gasteiger partial charge in [0.25, 0.3) is 23.4 Å². The summed E-state index contributed by atoms with van der Waals surface area (Å²) in [6.07, 6.45) is 0. The van der Waals surface area contributed by atoms with Crippen LogP contribution in [0.15, 0.2) is 65.1 Å². The van der Waals surface area contributed by atoms with E-state index < -0.39 is 34.7 Å². The summed E-state index contributed by atoms with van der Waals surface area (Å²) in [5.41, 5.74) is 0.707. The Morgan fingerprint density at radius 2 is 1.53 bits per heavy atom. The summed E-state index contributed by atoms with van der Waals surface area (Å²) in [5, 5.41) is 11.2. The number of β-lactam (4-membered cyclic amide) rings is 1. The van der Waals surface area contributed by atoms with E-state index in [4.69, 9.17) is 9.47 Å². The number of fused-ring (bicyclic) bond motifs is 1. The second-order valence-electron chi connectivity index (χ2n) is 8.15. The highest BCUT2D eigenvalue weighted by Gasteiger charge is 2.58. The number of nitro groups is 1. The fourth-order valence-corrected chi connectivity index (χ4v) is 4.99. The predicted molar refractivity (Wildman–Crippen MR) is 131 cm³/mol. The Labute approximate surface area is 213 Å². The summed E-state index contributed by atoms with van der Waals surface area (Å²) in [6.45, 7) is 0. The third-order valence-electron chi connectivity index (χ3n) is 6.32. The number of non-ortho nitro benzene ring substituents is 1. The van der Waals surface area contributed by atoms with Crippen molar-refractivity contribution in [2.75, 3.05) is 19.1 Å². The molecule has 2 heterocycles. The zero-order valence-corrected chi connectivity index (χ0v) is 20.6. The first kappa shape index (κ1) is 23.5. The van der Waals surface area contributed by atoms with Gasteiger partial charge in [0, 0.05) is 27.9 Å². The molecule has 11 heteroatoms. The Morgan fingerprint density at radius 1 is 0.833 bits per heavy atom. The molecule has 2 atom stereocenters. The van der Waals surface area contributed by atoms with Crippen molar-refractivity contribution in [3.05, 3.63) is 91.9 Å². The maximum atomic E-state index is 13.6. The van der Waals surface area contributed by atoms with Crippen LogP contribution < -0.4 is 14.4 Å². The van der Waals surface area contributed by atoms with Crippen LogP contribution in [0.4, 0.5) is 11.4 Å². The quantitative estimate of drug-likeness (QED) is 0.195. The average molecular weight is 552 g/mol. The number of carbonyl (C=O) groups is 3. The third kappa shape index (κ3) is 3.51. The molecule has 3 aromatic carbocycles. The summed E-state index contributed by atoms with van der Waals surface area (Å²) in [6, 6.07) is 13.6. The largest absolute Gasteiger partial charge is 0.497 e. The molecular formula is C25H18BrN3O7. The maximum absolute atomic E-state index is 13.6. The van der Waals surface area contributed by atoms with E-state index in [0.29, 0.717) is 27.2 Å². The van der Waals surface area contributed by atoms with Crippen LogP contribution in [0.25, 0.3) is 0 Å². The number of imide groups is 1. The lowest BCUT2D eigenvalue weighted by Gasteiger charge is -2.50. The SMILES string of the molecule is COc1ccc(N2C(=O)[C@@H](N3C(=O)c4ccc([N+](=O)[O-])cc4C3=O)[C@H]2c2cc(Br)ccc2OC)cc1. The molecule has 1 saturated heterocycles. The second-order valence-corrected chi connectivity index (χ2v) is 9.07. The molecule has 0 aromatic heterocycles. The van der Waals surface area contributed by atoms with Gasteiger partial charge in [-0.2, -0.15) is 0 Å². The van der Waals surface area contributed by atoms with Crippen LogP contribution in [0, 0.1) is 10.1 Å². The molecule has 0 bridgehead atoms. The van der Waals surface area contributed by atoms with Gasteiger partial charge < -0.3 is 14.4 Å². The van der Waals surface area contributed by atoms with Crippen molar-refractivity contribution in [3.8, 4) is 11.5 Å². The van der Waals surface area contributed by atoms with Gasteiger partial charge in [0.2, 0.25) is 0 Å². The number of carbonyl (C=O) groups excluding carboxylic acids is 3. The van der Waals surface area contributed by atoms with Gasteiger partial charge in [-0.15, -0.1) is 0 Å². The van der Waals surface area contributed by atoms with E-state index in [9.17, 15) is 24.5 Å². The van der Waals surface area contributed by atoms with E-state index in [2.05, 4.69) is 15.9 Å². The molecule has 3 amide bonds. The van der Waals surface area contributed by atoms with Gasteiger partial charge >= 0.3 is 0 Å². The molecule has 3 aromatic rings. The Hall–Kier alpha value is -4.25. The number of nitro benzene ring substituents is 1. The molecule has 0 radical (unpaired) electrons. The van der Waals surface area contributed by atoms with Crippen molar-refractivity contribution >= 4 is 45.0 Å². The Balaban J connectivity index is 1.61. The van der Waals surface area contributed by atoms with Gasteiger partial charge in [0.1, 0.15) is 17.5 Å².